The maximum Gasteiger partial charge on any atom is 0.161 e. The minimum absolute atomic E-state index is 0.226. The molecule has 0 saturated heterocycles. The molecule has 11 nitrogen and oxygen atoms in total. The molecule has 0 fully saturated rings. The number of nitrogens with two attached hydrogens (primary N) is 1. The minimum Gasteiger partial charge on any atom is -0.487 e. The van der Waals surface area contributed by atoms with Crippen LogP contribution < -0.4 is 24.3 Å². The van der Waals surface area contributed by atoms with E-state index in [1.807, 2.05) is 74.5 Å². The fraction of sp³-hybridized carbons (Fsp3) is 0.444. The molecule has 0 saturated carbocycles. The van der Waals surface area contributed by atoms with Crippen LogP contribution in [0.4, 0.5) is 25.2 Å². The third kappa shape index (κ3) is 27.2. The Kier molecular flexibility index (Phi) is 21.9. The summed E-state index contributed by atoms with van der Waals surface area (Å²) in [7, 11) is -10.7. The van der Waals surface area contributed by atoms with Gasteiger partial charge < -0.3 is 47.9 Å². The van der Waals surface area contributed by atoms with Crippen LogP contribution in [0.2, 0.25) is 0 Å². The molecule has 18 heteroatoms. The average molecular weight is 920 g/mol. The van der Waals surface area contributed by atoms with Gasteiger partial charge in [0.1, 0.15) is 33.0 Å². The number of carbonyl (C=O) groups excluding carboxylic acids is 1. The van der Waals surface area contributed by atoms with Crippen molar-refractivity contribution in [3.05, 3.63) is 118 Å². The van der Waals surface area contributed by atoms with Gasteiger partial charge in [-0.05, 0) is 64.1 Å². The number of hydrogen-bond donors (Lipinski definition) is 1. The summed E-state index contributed by atoms with van der Waals surface area (Å²) in [5.74, 6) is 2.51. The van der Waals surface area contributed by atoms with Crippen LogP contribution in [-0.2, 0) is 30.2 Å². The fourth-order valence-electron chi connectivity index (χ4n) is 5.89. The van der Waals surface area contributed by atoms with Gasteiger partial charge in [0.25, 0.3) is 0 Å². The Bertz CT molecular complexity index is 1780. The second kappa shape index (κ2) is 26.2. The van der Waals surface area contributed by atoms with Gasteiger partial charge in [0, 0.05) is 12.0 Å². The van der Waals surface area contributed by atoms with Gasteiger partial charge >= 0.3 is 39.0 Å². The molecule has 352 valence electrons. The Hall–Kier alpha value is -4.64. The van der Waals surface area contributed by atoms with E-state index >= 15 is 0 Å². The Morgan fingerprint density at radius 3 is 1.19 bits per heavy atom. The zero-order valence-electron chi connectivity index (χ0n) is 36.3. The third-order valence-electron chi connectivity index (χ3n) is 8.29. The molecule has 0 bridgehead atoms. The van der Waals surface area contributed by atoms with Crippen LogP contribution in [0, 0.1) is 27.7 Å². The number of aryl methyl sites for hydroxylation is 4. The predicted molar refractivity (Wildman–Crippen MR) is 229 cm³/mol. The van der Waals surface area contributed by atoms with Crippen molar-refractivity contribution in [1.29, 1.82) is 0 Å². The van der Waals surface area contributed by atoms with Crippen molar-refractivity contribution < 1.29 is 77.9 Å². The summed E-state index contributed by atoms with van der Waals surface area (Å²) in [6.45, 7) is 16.1. The SMILES string of the molecule is Cc1cc(C)cc(C[NH2+]CCCOC(=O)c2cc(C)cc(C)c2)c1.F[P-](F)(F)(F)(F)F.c1ccc2c(c1)OCCOCCOCCOc1ccccc1OCCOCCOCCO2. The second-order valence-corrected chi connectivity index (χ2v) is 16.3. The first-order valence-corrected chi connectivity index (χ1v) is 22.6. The first kappa shape index (κ1) is 52.7. The van der Waals surface area contributed by atoms with E-state index in [4.69, 9.17) is 42.6 Å². The van der Waals surface area contributed by atoms with Gasteiger partial charge in [0.15, 0.2) is 23.0 Å². The van der Waals surface area contributed by atoms with Crippen LogP contribution in [-0.4, -0.2) is 98.4 Å². The number of para-hydroxylation sites is 4. The third-order valence-corrected chi connectivity index (χ3v) is 8.29. The maximum atomic E-state index is 12.0. The molecule has 0 aromatic heterocycles. The van der Waals surface area contributed by atoms with Gasteiger partial charge in [-0.15, -0.1) is 0 Å². The molecule has 2 N–H and O–H groups in total. The van der Waals surface area contributed by atoms with E-state index in [2.05, 4.69) is 43.4 Å². The van der Waals surface area contributed by atoms with Crippen LogP contribution in [0.5, 0.6) is 23.0 Å². The Balaban J connectivity index is 0.000000300. The van der Waals surface area contributed by atoms with Crippen LogP contribution >= 0.6 is 7.81 Å². The molecule has 5 rings (SSSR count). The Morgan fingerprint density at radius 2 is 0.841 bits per heavy atom. The molecule has 4 aromatic rings. The molecule has 1 heterocycles. The van der Waals surface area contributed by atoms with Crippen molar-refractivity contribution in [3.63, 3.8) is 0 Å². The van der Waals surface area contributed by atoms with Crippen LogP contribution in [0.3, 0.4) is 0 Å². The smallest absolute Gasteiger partial charge is 0.161 e. The van der Waals surface area contributed by atoms with E-state index in [0.717, 1.165) is 30.6 Å². The summed E-state index contributed by atoms with van der Waals surface area (Å²) in [6.07, 6.45) is 0.862. The molecule has 0 spiro atoms. The average Bonchev–Trinajstić information content (AvgIpc) is 3.19. The van der Waals surface area contributed by atoms with Crippen molar-refractivity contribution in [2.75, 3.05) is 92.4 Å². The Labute approximate surface area is 365 Å². The van der Waals surface area contributed by atoms with E-state index in [1.165, 1.54) is 16.7 Å². The summed E-state index contributed by atoms with van der Waals surface area (Å²) >= 11 is 0. The zero-order chi connectivity index (χ0) is 46.0. The number of benzene rings is 4. The molecule has 0 radical (unpaired) electrons. The number of ether oxygens (including phenoxy) is 9. The summed E-state index contributed by atoms with van der Waals surface area (Å²) in [6, 6.07) is 27.6. The molecule has 63 heavy (non-hydrogen) atoms. The minimum atomic E-state index is -10.7. The summed E-state index contributed by atoms with van der Waals surface area (Å²) in [5.41, 5.74) is 6.78. The number of quaternary nitrogens is 1. The summed E-state index contributed by atoms with van der Waals surface area (Å²) in [5, 5.41) is 2.26. The predicted octanol–water partition coefficient (Wildman–Crippen LogP) is 9.60. The summed E-state index contributed by atoms with van der Waals surface area (Å²) in [4.78, 5) is 12.0. The Morgan fingerprint density at radius 1 is 0.524 bits per heavy atom. The molecule has 0 atom stereocenters. The van der Waals surface area contributed by atoms with Gasteiger partial charge in [-0.3, -0.25) is 0 Å². The second-order valence-electron chi connectivity index (χ2n) is 14.3. The normalized spacial score (nSPS) is 15.9. The first-order chi connectivity index (χ1) is 29.8. The number of esters is 1. The van der Waals surface area contributed by atoms with Crippen LogP contribution in [0.1, 0.15) is 44.6 Å². The maximum absolute atomic E-state index is 12.0. The molecular formula is C45H60F6NO10P. The quantitative estimate of drug-likeness (QED) is 0.0832. The van der Waals surface area contributed by atoms with Gasteiger partial charge in [-0.25, -0.2) is 4.79 Å². The number of rotatable bonds is 7. The van der Waals surface area contributed by atoms with E-state index in [0.29, 0.717) is 114 Å². The molecule has 1 aliphatic rings. The van der Waals surface area contributed by atoms with Gasteiger partial charge in [0.05, 0.1) is 71.6 Å². The van der Waals surface area contributed by atoms with E-state index in [-0.39, 0.29) is 5.97 Å². The number of hydrogen-bond acceptors (Lipinski definition) is 10. The molecule has 0 unspecified atom stereocenters. The van der Waals surface area contributed by atoms with Crippen molar-refractivity contribution in [2.45, 2.75) is 40.7 Å². The molecular weight excluding hydrogens is 859 g/mol. The number of halogens is 6. The molecule has 1 aliphatic heterocycles. The molecule has 0 aliphatic carbocycles. The largest absolute Gasteiger partial charge is 0.487 e. The van der Waals surface area contributed by atoms with E-state index < -0.39 is 7.81 Å². The number of carbonyl (C=O) groups is 1. The fourth-order valence-corrected chi connectivity index (χ4v) is 5.89. The van der Waals surface area contributed by atoms with E-state index in [9.17, 15) is 30.0 Å². The number of fused-ring (bicyclic) bond motifs is 2. The van der Waals surface area contributed by atoms with E-state index in [1.54, 1.807) is 0 Å². The molecule has 0 amide bonds. The summed E-state index contributed by atoms with van der Waals surface area (Å²) < 4.78 is 110. The monoisotopic (exact) mass is 919 g/mol. The van der Waals surface area contributed by atoms with Gasteiger partial charge in [-0.2, -0.15) is 0 Å². The van der Waals surface area contributed by atoms with Gasteiger partial charge in [-0.1, -0.05) is 70.8 Å². The zero-order valence-corrected chi connectivity index (χ0v) is 37.2. The standard InChI is InChI=1S/C24H32O8.C21H27NO2.F6P/c1-2-6-22-21(5-1)29-17-13-25-9-10-27-15-19-31-23-7-3-4-8-24(23)32-20-16-28-12-11-26-14-18-30-22;1-15-8-16(2)11-19(10-15)14-22-6-5-7-24-21(23)20-12-17(3)9-18(4)13-20;1-7(2,3,4,5)6/h1-8H,9-20H2;8-13,22H,5-7,14H2,1-4H3;/q;;-1/p+1. The van der Waals surface area contributed by atoms with Gasteiger partial charge in [0.2, 0.25) is 0 Å². The first-order valence-electron chi connectivity index (χ1n) is 20.5. The molecule has 4 aromatic carbocycles. The van der Waals surface area contributed by atoms with Crippen LogP contribution in [0.25, 0.3) is 0 Å². The van der Waals surface area contributed by atoms with Crippen molar-refractivity contribution in [3.8, 4) is 23.0 Å². The topological polar surface area (TPSA) is 117 Å². The van der Waals surface area contributed by atoms with Crippen LogP contribution in [0.15, 0.2) is 84.9 Å². The van der Waals surface area contributed by atoms with Crippen molar-refractivity contribution in [2.24, 2.45) is 0 Å². The van der Waals surface area contributed by atoms with Crippen molar-refractivity contribution >= 4 is 13.8 Å². The van der Waals surface area contributed by atoms with Crippen molar-refractivity contribution in [1.82, 2.24) is 0 Å².